The van der Waals surface area contributed by atoms with Crippen molar-refractivity contribution in [2.45, 2.75) is 6.92 Å². The van der Waals surface area contributed by atoms with Gasteiger partial charge in [0.1, 0.15) is 0 Å². The summed E-state index contributed by atoms with van der Waals surface area (Å²) in [6.45, 7) is 2.41. The standard InChI is InChI=1S/C7H8NO2.Mo.O/c1-2-9-7(8)6-4-3-5-10-6;;/h3-4,8H,2H2,1H3;;/q-1;;/p+1. The maximum absolute atomic E-state index is 8.26. The van der Waals surface area contributed by atoms with Crippen LogP contribution >= 0.6 is 0 Å². The van der Waals surface area contributed by atoms with Gasteiger partial charge in [0.15, 0.2) is 0 Å². The number of furan rings is 1. The van der Waals surface area contributed by atoms with Crippen molar-refractivity contribution < 1.29 is 37.7 Å². The Morgan fingerprint density at radius 2 is 2.50 bits per heavy atom. The van der Waals surface area contributed by atoms with Crippen molar-refractivity contribution in [1.82, 2.24) is 0 Å². The van der Waals surface area contributed by atoms with Gasteiger partial charge < -0.3 is 9.15 Å². The van der Waals surface area contributed by atoms with Gasteiger partial charge in [-0.2, -0.15) is 6.07 Å². The molecule has 2 N–H and O–H groups in total. The first-order valence-corrected chi connectivity index (χ1v) is 4.04. The van der Waals surface area contributed by atoms with Crippen LogP contribution in [0.15, 0.2) is 16.5 Å². The molecule has 0 saturated heterocycles. The van der Waals surface area contributed by atoms with E-state index in [1.165, 1.54) is 0 Å². The zero-order valence-electron chi connectivity index (χ0n) is 6.57. The molecule has 0 aliphatic rings. The average molecular weight is 251 g/mol. The van der Waals surface area contributed by atoms with Gasteiger partial charge in [0.25, 0.3) is 0 Å². The molecule has 66 valence electrons. The van der Waals surface area contributed by atoms with Crippen molar-refractivity contribution in [2.24, 2.45) is 0 Å². The first-order chi connectivity index (χ1) is 5.84. The number of rotatable bonds is 2. The molecule has 1 rings (SSSR count). The molecule has 0 spiro atoms. The van der Waals surface area contributed by atoms with E-state index in [4.69, 9.17) is 18.0 Å². The third kappa shape index (κ3) is 3.58. The number of hydrogen-bond acceptors (Lipinski definition) is 3. The minimum absolute atomic E-state index is 0.309. The Balaban J connectivity index is 0.000000561. The SMILES string of the molecule is CCOC(=[NH2+])c1cc[c-]o1.[O]=[Mo]. The topological polar surface area (TPSA) is 65.0 Å². The van der Waals surface area contributed by atoms with Gasteiger partial charge in [-0.15, -0.1) is 6.07 Å². The van der Waals surface area contributed by atoms with Crippen LogP contribution in [0.3, 0.4) is 0 Å². The molecule has 5 heteroatoms. The third-order valence-electron chi connectivity index (χ3n) is 1.01. The number of hydrogen-bond donors (Lipinski definition) is 1. The quantitative estimate of drug-likeness (QED) is 0.333. The Kier molecular flexibility index (Phi) is 6.48. The molecule has 0 amide bonds. The average Bonchev–Trinajstić information content (AvgIpc) is 2.60. The van der Waals surface area contributed by atoms with Gasteiger partial charge in [0.05, 0.1) is 12.4 Å². The predicted octanol–water partition coefficient (Wildman–Crippen LogP) is -0.499. The normalized spacial score (nSPS) is 8.08. The molecular formula is C7H9MoNO3. The molecule has 1 heterocycles. The molecule has 1 aromatic heterocycles. The van der Waals surface area contributed by atoms with Crippen molar-refractivity contribution in [1.29, 1.82) is 0 Å². The predicted molar refractivity (Wildman–Crippen MR) is 35.9 cm³/mol. The maximum atomic E-state index is 8.26. The first kappa shape index (κ1) is 11.2. The van der Waals surface area contributed by atoms with E-state index in [-0.39, 0.29) is 0 Å². The van der Waals surface area contributed by atoms with Gasteiger partial charge >= 0.3 is 29.1 Å². The van der Waals surface area contributed by atoms with E-state index in [1.54, 1.807) is 12.1 Å². The minimum atomic E-state index is 0.309. The summed E-state index contributed by atoms with van der Waals surface area (Å²) in [7, 11) is 0. The van der Waals surface area contributed by atoms with E-state index in [0.29, 0.717) is 38.0 Å². The summed E-state index contributed by atoms with van der Waals surface area (Å²) >= 11 is 0.700. The van der Waals surface area contributed by atoms with Crippen LogP contribution in [0.25, 0.3) is 0 Å². The first-order valence-electron chi connectivity index (χ1n) is 3.22. The molecule has 0 aliphatic carbocycles. The van der Waals surface area contributed by atoms with Crippen LogP contribution in [0.5, 0.6) is 0 Å². The molecule has 0 radical (unpaired) electrons. The molecule has 4 nitrogen and oxygen atoms in total. The number of nitrogens with two attached hydrogens (primary N) is 1. The molecule has 0 saturated carbocycles. The molecule has 0 unspecified atom stereocenters. The van der Waals surface area contributed by atoms with Crippen LogP contribution in [-0.2, 0) is 27.9 Å². The summed E-state index contributed by atoms with van der Waals surface area (Å²) in [6.07, 6.45) is 2.51. The fraction of sp³-hybridized carbons (Fsp3) is 0.286. The van der Waals surface area contributed by atoms with Crippen LogP contribution in [0, 0.1) is 6.26 Å². The molecule has 0 aromatic carbocycles. The Morgan fingerprint density at radius 3 is 2.92 bits per heavy atom. The van der Waals surface area contributed by atoms with Crippen molar-refractivity contribution in [3.8, 4) is 0 Å². The van der Waals surface area contributed by atoms with E-state index < -0.39 is 0 Å². The van der Waals surface area contributed by atoms with E-state index in [0.717, 1.165) is 0 Å². The van der Waals surface area contributed by atoms with Crippen LogP contribution in [0.4, 0.5) is 0 Å². The van der Waals surface area contributed by atoms with E-state index in [9.17, 15) is 0 Å². The van der Waals surface area contributed by atoms with Gasteiger partial charge in [-0.25, -0.2) is 5.41 Å². The Bertz CT molecular complexity index is 223. The summed E-state index contributed by atoms with van der Waals surface area (Å²) in [4.78, 5) is 0. The van der Waals surface area contributed by atoms with Crippen molar-refractivity contribution in [3.05, 3.63) is 24.2 Å². The zero-order chi connectivity index (χ0) is 9.40. The summed E-state index contributed by atoms with van der Waals surface area (Å²) in [6, 6.07) is 3.34. The number of ether oxygens (including phenoxy) is 1. The van der Waals surface area contributed by atoms with E-state index in [1.807, 2.05) is 6.92 Å². The second-order valence-electron chi connectivity index (χ2n) is 1.71. The van der Waals surface area contributed by atoms with Crippen molar-refractivity contribution in [3.63, 3.8) is 0 Å². The van der Waals surface area contributed by atoms with Crippen LogP contribution in [-0.4, -0.2) is 12.5 Å². The monoisotopic (exact) mass is 253 g/mol. The van der Waals surface area contributed by atoms with Crippen LogP contribution < -0.4 is 5.41 Å². The van der Waals surface area contributed by atoms with Crippen molar-refractivity contribution >= 4 is 5.90 Å². The molecule has 0 aliphatic heterocycles. The van der Waals surface area contributed by atoms with Crippen LogP contribution in [0.1, 0.15) is 12.7 Å². The zero-order valence-corrected chi connectivity index (χ0v) is 8.58. The molecule has 0 atom stereocenters. The van der Waals surface area contributed by atoms with Gasteiger partial charge in [-0.1, -0.05) is 0 Å². The fourth-order valence-electron chi connectivity index (χ4n) is 0.600. The Morgan fingerprint density at radius 1 is 1.83 bits per heavy atom. The second-order valence-corrected chi connectivity index (χ2v) is 1.71. The van der Waals surface area contributed by atoms with Gasteiger partial charge in [0.2, 0.25) is 0 Å². The van der Waals surface area contributed by atoms with Gasteiger partial charge in [-0.3, -0.25) is 0 Å². The third-order valence-corrected chi connectivity index (χ3v) is 1.01. The summed E-state index contributed by atoms with van der Waals surface area (Å²) < 4.78 is 18.1. The molecular weight excluding hydrogens is 242 g/mol. The van der Waals surface area contributed by atoms with E-state index >= 15 is 0 Å². The molecule has 12 heavy (non-hydrogen) atoms. The van der Waals surface area contributed by atoms with Gasteiger partial charge in [0, 0.05) is 0 Å². The molecule has 0 bridgehead atoms. The van der Waals surface area contributed by atoms with Crippen molar-refractivity contribution in [2.75, 3.05) is 6.61 Å². The Labute approximate surface area is 81.6 Å². The summed E-state index contributed by atoms with van der Waals surface area (Å²) in [5, 5.41) is 5.43. The molecule has 0 fully saturated rings. The fourth-order valence-corrected chi connectivity index (χ4v) is 0.600. The molecule has 1 aromatic rings. The van der Waals surface area contributed by atoms with Gasteiger partial charge in [-0.05, 0) is 13.2 Å². The summed E-state index contributed by atoms with van der Waals surface area (Å²) in [5.74, 6) is 0.839. The Hall–Kier alpha value is -0.762. The second kappa shape index (κ2) is 6.92. The summed E-state index contributed by atoms with van der Waals surface area (Å²) in [5.41, 5.74) is 0. The van der Waals surface area contributed by atoms with Crippen LogP contribution in [0.2, 0.25) is 0 Å². The van der Waals surface area contributed by atoms with E-state index in [2.05, 4.69) is 6.26 Å².